The van der Waals surface area contributed by atoms with Crippen LogP contribution < -0.4 is 16.4 Å². The third kappa shape index (κ3) is 10.1. The number of carbonyl (C=O) groups excluding carboxylic acids is 2. The van der Waals surface area contributed by atoms with Gasteiger partial charge in [0.25, 0.3) is 0 Å². The molecule has 262 valence electrons. The molecule has 6 rings (SSSR count). The zero-order chi connectivity index (χ0) is 35.4. The van der Waals surface area contributed by atoms with Crippen molar-refractivity contribution in [3.8, 4) is 11.1 Å². The Hall–Kier alpha value is -4.93. The summed E-state index contributed by atoms with van der Waals surface area (Å²) in [5.74, 6) is 0.508. The first kappa shape index (κ1) is 35.9. The molecule has 2 amide bonds. The van der Waals surface area contributed by atoms with E-state index in [9.17, 15) is 14.7 Å². The predicted octanol–water partition coefficient (Wildman–Crippen LogP) is 8.19. The molecule has 0 aromatic heterocycles. The second kappa shape index (κ2) is 17.8. The molecule has 1 saturated heterocycles. The molecular weight excluding hydrogens is 659 g/mol. The van der Waals surface area contributed by atoms with Crippen LogP contribution in [0.4, 0.5) is 11.4 Å². The summed E-state index contributed by atoms with van der Waals surface area (Å²) in [5, 5.41) is 15.3. The molecule has 3 atom stereocenters. The average Bonchev–Trinajstić information content (AvgIpc) is 3.17. The number of hydrogen-bond acceptors (Lipinski definition) is 7. The summed E-state index contributed by atoms with van der Waals surface area (Å²) in [6.07, 6.45) is 0.895. The van der Waals surface area contributed by atoms with Gasteiger partial charge in [-0.25, -0.2) is 0 Å². The van der Waals surface area contributed by atoms with Gasteiger partial charge in [0.15, 0.2) is 6.29 Å². The van der Waals surface area contributed by atoms with Gasteiger partial charge < -0.3 is 30.9 Å². The van der Waals surface area contributed by atoms with Crippen LogP contribution in [0.2, 0.25) is 0 Å². The Morgan fingerprint density at radius 1 is 0.765 bits per heavy atom. The summed E-state index contributed by atoms with van der Waals surface area (Å²) in [7, 11) is 0. The molecule has 0 unspecified atom stereocenters. The molecule has 5 aromatic carbocycles. The van der Waals surface area contributed by atoms with E-state index in [4.69, 9.17) is 15.2 Å². The number of rotatable bonds is 14. The maximum atomic E-state index is 12.7. The largest absolute Gasteiger partial charge is 0.397 e. The van der Waals surface area contributed by atoms with Gasteiger partial charge in [-0.05, 0) is 58.5 Å². The van der Waals surface area contributed by atoms with Crippen molar-refractivity contribution in [3.63, 3.8) is 0 Å². The minimum Gasteiger partial charge on any atom is -0.397 e. The molecule has 1 aliphatic rings. The fourth-order valence-corrected chi connectivity index (χ4v) is 6.96. The number of anilines is 2. The number of benzene rings is 5. The van der Waals surface area contributed by atoms with Crippen molar-refractivity contribution in [2.24, 2.45) is 0 Å². The zero-order valence-electron chi connectivity index (χ0n) is 28.4. The van der Waals surface area contributed by atoms with Crippen molar-refractivity contribution in [1.82, 2.24) is 5.32 Å². The summed E-state index contributed by atoms with van der Waals surface area (Å²) in [4.78, 5) is 26.2. The van der Waals surface area contributed by atoms with Crippen molar-refractivity contribution in [3.05, 3.63) is 150 Å². The van der Waals surface area contributed by atoms with E-state index in [1.165, 1.54) is 4.90 Å². The highest BCUT2D eigenvalue weighted by atomic mass is 32.2. The monoisotopic (exact) mass is 701 g/mol. The highest BCUT2D eigenvalue weighted by molar-refractivity contribution is 7.99. The first-order valence-corrected chi connectivity index (χ1v) is 18.2. The smallest absolute Gasteiger partial charge is 0.224 e. The summed E-state index contributed by atoms with van der Waals surface area (Å²) in [6.45, 7) is 0.373. The van der Waals surface area contributed by atoms with Crippen LogP contribution >= 0.6 is 11.8 Å². The predicted molar refractivity (Wildman–Crippen MR) is 203 cm³/mol. The molecule has 0 radical (unpaired) electrons. The highest BCUT2D eigenvalue weighted by Crippen LogP contribution is 2.40. The van der Waals surface area contributed by atoms with Gasteiger partial charge >= 0.3 is 0 Å². The third-order valence-electron chi connectivity index (χ3n) is 8.82. The van der Waals surface area contributed by atoms with Crippen LogP contribution in [0.15, 0.2) is 132 Å². The lowest BCUT2D eigenvalue weighted by Gasteiger charge is -2.36. The molecule has 0 saturated carbocycles. The number of para-hydroxylation sites is 2. The second-order valence-corrected chi connectivity index (χ2v) is 13.6. The summed E-state index contributed by atoms with van der Waals surface area (Å²) in [5.41, 5.74) is 12.9. The van der Waals surface area contributed by atoms with Gasteiger partial charge in [0, 0.05) is 42.0 Å². The molecule has 1 fully saturated rings. The topological polar surface area (TPSA) is 123 Å². The molecule has 0 bridgehead atoms. The molecule has 0 aliphatic carbocycles. The maximum Gasteiger partial charge on any atom is 0.224 e. The van der Waals surface area contributed by atoms with Gasteiger partial charge in [-0.15, -0.1) is 11.8 Å². The molecule has 1 heterocycles. The number of nitrogen functional groups attached to an aromatic ring is 1. The van der Waals surface area contributed by atoms with Crippen LogP contribution in [0.3, 0.4) is 0 Å². The lowest BCUT2D eigenvalue weighted by Crippen LogP contribution is -2.31. The Morgan fingerprint density at radius 3 is 2.22 bits per heavy atom. The number of thioether (sulfide) groups is 1. The third-order valence-corrected chi connectivity index (χ3v) is 9.97. The average molecular weight is 702 g/mol. The second-order valence-electron chi connectivity index (χ2n) is 12.5. The molecule has 5 aromatic rings. The number of aliphatic hydroxyl groups excluding tert-OH is 1. The van der Waals surface area contributed by atoms with Crippen molar-refractivity contribution >= 4 is 35.0 Å². The quantitative estimate of drug-likeness (QED) is 0.0680. The molecular formula is C42H43N3O5S. The maximum absolute atomic E-state index is 12.7. The number of hydrogen-bond donors (Lipinski definition) is 4. The number of carbonyl (C=O) groups is 2. The lowest BCUT2D eigenvalue weighted by molar-refractivity contribution is -0.245. The first-order valence-electron chi connectivity index (χ1n) is 17.2. The summed E-state index contributed by atoms with van der Waals surface area (Å²) < 4.78 is 13.1. The lowest BCUT2D eigenvalue weighted by atomic mass is 9.97. The van der Waals surface area contributed by atoms with E-state index < -0.39 is 6.29 Å². The normalized spacial score (nSPS) is 17.1. The molecule has 8 nitrogen and oxygen atoms in total. The van der Waals surface area contributed by atoms with Crippen molar-refractivity contribution in [2.45, 2.75) is 62.2 Å². The Morgan fingerprint density at radius 2 is 1.45 bits per heavy atom. The fourth-order valence-electron chi connectivity index (χ4n) is 6.02. The molecule has 51 heavy (non-hydrogen) atoms. The minimum atomic E-state index is -0.543. The van der Waals surface area contributed by atoms with E-state index in [1.807, 2.05) is 91.0 Å². The van der Waals surface area contributed by atoms with E-state index in [0.717, 1.165) is 45.6 Å². The summed E-state index contributed by atoms with van der Waals surface area (Å²) in [6, 6.07) is 41.6. The standard InChI is InChI=1S/C42H43N3O5S/c43-37-13-6-7-14-38(37)45-41(48)16-8-15-40(47)44-26-33-9-4-5-12-36(33)30-21-23-32(24-22-30)42-49-34(28-51-35-10-2-1-3-11-35)25-39(50-42)31-19-17-29(27-46)18-20-31/h1-7,9-14,17-24,34,39,42,46H,8,15-16,25-28,43H2,(H,44,47)(H,45,48)/t34-,39+,42+/m0/s1. The van der Waals surface area contributed by atoms with Gasteiger partial charge in [0.1, 0.15) is 0 Å². The van der Waals surface area contributed by atoms with Gasteiger partial charge in [-0.1, -0.05) is 103 Å². The van der Waals surface area contributed by atoms with Gasteiger partial charge in [0.2, 0.25) is 11.8 Å². The molecule has 0 spiro atoms. The Balaban J connectivity index is 1.07. The van der Waals surface area contributed by atoms with E-state index >= 15 is 0 Å². The number of ether oxygens (including phenoxy) is 2. The van der Waals surface area contributed by atoms with Crippen LogP contribution in [0.5, 0.6) is 0 Å². The number of amides is 2. The van der Waals surface area contributed by atoms with Gasteiger partial charge in [-0.2, -0.15) is 0 Å². The SMILES string of the molecule is Nc1ccccc1NC(=O)CCCC(=O)NCc1ccccc1-c1ccc([C@@H]2O[C@H](CSc3ccccc3)C[C@H](c3ccc(CO)cc3)O2)cc1. The van der Waals surface area contributed by atoms with Crippen molar-refractivity contribution in [1.29, 1.82) is 0 Å². The fraction of sp³-hybridized carbons (Fsp3) is 0.238. The zero-order valence-corrected chi connectivity index (χ0v) is 29.2. The minimum absolute atomic E-state index is 0.00192. The van der Waals surface area contributed by atoms with Crippen molar-refractivity contribution in [2.75, 3.05) is 16.8 Å². The van der Waals surface area contributed by atoms with Gasteiger partial charge in [0.05, 0.1) is 30.2 Å². The Bertz CT molecular complexity index is 1890. The molecule has 5 N–H and O–H groups in total. The molecule has 1 aliphatic heterocycles. The van der Waals surface area contributed by atoms with Crippen LogP contribution in [0.1, 0.15) is 60.3 Å². The highest BCUT2D eigenvalue weighted by Gasteiger charge is 2.32. The van der Waals surface area contributed by atoms with E-state index in [1.54, 1.807) is 23.9 Å². The number of nitrogens with one attached hydrogen (secondary N) is 2. The number of aliphatic hydroxyl groups is 1. The summed E-state index contributed by atoms with van der Waals surface area (Å²) >= 11 is 1.78. The van der Waals surface area contributed by atoms with Crippen LogP contribution in [-0.4, -0.2) is 28.8 Å². The van der Waals surface area contributed by atoms with Crippen LogP contribution in [-0.2, 0) is 32.2 Å². The first-order chi connectivity index (χ1) is 24.9. The van der Waals surface area contributed by atoms with E-state index in [2.05, 4.69) is 34.9 Å². The van der Waals surface area contributed by atoms with Gasteiger partial charge in [-0.3, -0.25) is 9.59 Å². The van der Waals surface area contributed by atoms with Crippen LogP contribution in [0.25, 0.3) is 11.1 Å². The van der Waals surface area contributed by atoms with Crippen LogP contribution in [0, 0.1) is 0 Å². The van der Waals surface area contributed by atoms with Crippen molar-refractivity contribution < 1.29 is 24.2 Å². The van der Waals surface area contributed by atoms with E-state index in [0.29, 0.717) is 24.3 Å². The molecule has 9 heteroatoms. The number of nitrogens with two attached hydrogens (primary N) is 1. The Labute approximate surface area is 303 Å². The Kier molecular flexibility index (Phi) is 12.5. The van der Waals surface area contributed by atoms with E-state index in [-0.39, 0.29) is 43.5 Å².